The number of benzene rings is 2. The molecular formula is C29H36N6O3. The number of hydrogen-bond acceptors (Lipinski definition) is 7. The highest BCUT2D eigenvalue weighted by atomic mass is 16.5. The summed E-state index contributed by atoms with van der Waals surface area (Å²) < 4.78 is 13.5. The summed E-state index contributed by atoms with van der Waals surface area (Å²) in [4.78, 5) is 18.6. The summed E-state index contributed by atoms with van der Waals surface area (Å²) in [6.07, 6.45) is 4.02. The smallest absolute Gasteiger partial charge is 0.252 e. The molecule has 2 atom stereocenters. The zero-order chi connectivity index (χ0) is 26.3. The van der Waals surface area contributed by atoms with E-state index in [1.165, 1.54) is 5.56 Å². The van der Waals surface area contributed by atoms with Crippen LogP contribution in [0.5, 0.6) is 5.75 Å². The lowest BCUT2D eigenvalue weighted by Gasteiger charge is -2.31. The van der Waals surface area contributed by atoms with Crippen molar-refractivity contribution in [1.82, 2.24) is 30.1 Å². The van der Waals surface area contributed by atoms with E-state index in [0.29, 0.717) is 31.8 Å². The van der Waals surface area contributed by atoms with Gasteiger partial charge in [-0.3, -0.25) is 9.69 Å². The van der Waals surface area contributed by atoms with Crippen molar-refractivity contribution in [3.05, 3.63) is 81.9 Å². The minimum absolute atomic E-state index is 0.0681. The molecule has 38 heavy (non-hydrogen) atoms. The first-order valence-corrected chi connectivity index (χ1v) is 13.6. The van der Waals surface area contributed by atoms with Crippen molar-refractivity contribution in [3.8, 4) is 5.75 Å². The molecule has 9 heteroatoms. The Morgan fingerprint density at radius 2 is 2.03 bits per heavy atom. The summed E-state index contributed by atoms with van der Waals surface area (Å²) in [7, 11) is 0. The zero-order valence-corrected chi connectivity index (χ0v) is 22.2. The number of nitrogens with zero attached hydrogens (tertiary/aromatic N) is 5. The van der Waals surface area contributed by atoms with Gasteiger partial charge in [-0.1, -0.05) is 43.7 Å². The molecule has 1 aliphatic heterocycles. The number of tetrazole rings is 1. The molecule has 5 rings (SSSR count). The summed E-state index contributed by atoms with van der Waals surface area (Å²) >= 11 is 0. The molecule has 0 bridgehead atoms. The molecule has 0 spiro atoms. The summed E-state index contributed by atoms with van der Waals surface area (Å²) in [5.74, 6) is 1.60. The van der Waals surface area contributed by atoms with Gasteiger partial charge in [0.2, 0.25) is 0 Å². The van der Waals surface area contributed by atoms with Gasteiger partial charge in [0.25, 0.3) is 5.56 Å². The number of pyridine rings is 1. The molecule has 4 aromatic rings. The maximum atomic E-state index is 13.2. The molecule has 1 aliphatic rings. The number of fused-ring (bicyclic) bond motifs is 1. The number of ether oxygens (including phenoxy) is 2. The molecule has 2 aromatic carbocycles. The van der Waals surface area contributed by atoms with Crippen LogP contribution in [0.25, 0.3) is 10.9 Å². The number of aromatic amines is 1. The van der Waals surface area contributed by atoms with Crippen molar-refractivity contribution in [3.63, 3.8) is 0 Å². The van der Waals surface area contributed by atoms with Crippen LogP contribution in [0.1, 0.15) is 62.5 Å². The van der Waals surface area contributed by atoms with Gasteiger partial charge in [-0.2, -0.15) is 0 Å². The van der Waals surface area contributed by atoms with Crippen LogP contribution in [0.4, 0.5) is 0 Å². The Kier molecular flexibility index (Phi) is 8.45. The first kappa shape index (κ1) is 26.1. The highest BCUT2D eigenvalue weighted by Gasteiger charge is 2.28. The van der Waals surface area contributed by atoms with Crippen LogP contribution in [0, 0.1) is 0 Å². The lowest BCUT2D eigenvalue weighted by atomic mass is 10.1. The van der Waals surface area contributed by atoms with E-state index in [1.807, 2.05) is 54.1 Å². The molecule has 9 nitrogen and oxygen atoms in total. The van der Waals surface area contributed by atoms with Crippen LogP contribution >= 0.6 is 0 Å². The highest BCUT2D eigenvalue weighted by Crippen LogP contribution is 2.29. The number of aromatic nitrogens is 5. The van der Waals surface area contributed by atoms with Gasteiger partial charge in [0.05, 0.1) is 25.3 Å². The van der Waals surface area contributed by atoms with Gasteiger partial charge < -0.3 is 14.5 Å². The van der Waals surface area contributed by atoms with Crippen LogP contribution in [-0.4, -0.2) is 49.4 Å². The second-order valence-electron chi connectivity index (χ2n) is 9.86. The maximum absolute atomic E-state index is 13.2. The first-order chi connectivity index (χ1) is 18.6. The van der Waals surface area contributed by atoms with Crippen molar-refractivity contribution < 1.29 is 9.47 Å². The number of rotatable bonds is 12. The molecule has 0 amide bonds. The second kappa shape index (κ2) is 12.3. The average molecular weight is 517 g/mol. The first-order valence-electron chi connectivity index (χ1n) is 13.6. The van der Waals surface area contributed by atoms with E-state index < -0.39 is 0 Å². The molecule has 3 heterocycles. The van der Waals surface area contributed by atoms with E-state index in [1.54, 1.807) is 0 Å². The van der Waals surface area contributed by atoms with E-state index in [-0.39, 0.29) is 17.7 Å². The highest BCUT2D eigenvalue weighted by molar-refractivity contribution is 5.80. The lowest BCUT2D eigenvalue weighted by molar-refractivity contribution is 0.0885. The fourth-order valence-corrected chi connectivity index (χ4v) is 5.23. The van der Waals surface area contributed by atoms with Crippen LogP contribution in [-0.2, 0) is 24.4 Å². The van der Waals surface area contributed by atoms with Gasteiger partial charge in [0, 0.05) is 36.2 Å². The quantitative estimate of drug-likeness (QED) is 0.293. The van der Waals surface area contributed by atoms with Crippen molar-refractivity contribution in [2.45, 2.75) is 71.3 Å². The Bertz CT molecular complexity index is 1380. The number of nitrogens with one attached hydrogen (secondary N) is 1. The summed E-state index contributed by atoms with van der Waals surface area (Å²) in [5, 5.41) is 13.8. The Morgan fingerprint density at radius 1 is 1.16 bits per heavy atom. The Hall–Kier alpha value is -3.56. The van der Waals surface area contributed by atoms with Crippen LogP contribution in [0.15, 0.2) is 59.4 Å². The van der Waals surface area contributed by atoms with Crippen LogP contribution < -0.4 is 10.3 Å². The van der Waals surface area contributed by atoms with Crippen molar-refractivity contribution in [1.29, 1.82) is 0 Å². The van der Waals surface area contributed by atoms with E-state index in [2.05, 4.69) is 44.5 Å². The molecule has 0 radical (unpaired) electrons. The average Bonchev–Trinajstić information content (AvgIpc) is 3.61. The van der Waals surface area contributed by atoms with Gasteiger partial charge in [-0.25, -0.2) is 4.68 Å². The molecule has 1 saturated heterocycles. The maximum Gasteiger partial charge on any atom is 0.252 e. The third-order valence-electron chi connectivity index (χ3n) is 7.07. The summed E-state index contributed by atoms with van der Waals surface area (Å²) in [5.41, 5.74) is 2.57. The predicted octanol–water partition coefficient (Wildman–Crippen LogP) is 4.64. The Balaban J connectivity index is 1.51. The topological polar surface area (TPSA) is 98.2 Å². The van der Waals surface area contributed by atoms with Crippen LogP contribution in [0.3, 0.4) is 0 Å². The van der Waals surface area contributed by atoms with Gasteiger partial charge in [-0.05, 0) is 66.4 Å². The molecule has 0 aliphatic carbocycles. The lowest BCUT2D eigenvalue weighted by Crippen LogP contribution is -2.33. The zero-order valence-electron chi connectivity index (χ0n) is 22.2. The molecule has 1 N–H and O–H groups in total. The SMILES string of the molecule is CCC[C@H](c1nnnn1C[C@H]1CCCO1)N(Cc1ccccc1)Cc1cc2cc(OCC)ccc2[nH]c1=O. The van der Waals surface area contributed by atoms with E-state index >= 15 is 0 Å². The summed E-state index contributed by atoms with van der Waals surface area (Å²) in [6.45, 7) is 7.26. The second-order valence-corrected chi connectivity index (χ2v) is 9.86. The Morgan fingerprint density at radius 3 is 2.79 bits per heavy atom. The van der Waals surface area contributed by atoms with Crippen molar-refractivity contribution in [2.75, 3.05) is 13.2 Å². The standard InChI is InChI=1S/C29H36N6O3/c1-3-9-27(28-31-32-33-35(28)20-25-12-8-15-38-25)34(18-21-10-6-5-7-11-21)19-23-16-22-17-24(37-4-2)13-14-26(22)30-29(23)36/h5-7,10-11,13-14,16-17,25,27H,3-4,8-9,12,15,18-20H2,1-2H3,(H,30,36)/t25-,27-/m1/s1. The molecular weight excluding hydrogens is 480 g/mol. The van der Waals surface area contributed by atoms with Gasteiger partial charge in [-0.15, -0.1) is 5.10 Å². The van der Waals surface area contributed by atoms with Crippen molar-refractivity contribution in [2.24, 2.45) is 0 Å². The molecule has 0 saturated carbocycles. The van der Waals surface area contributed by atoms with Gasteiger partial charge in [0.1, 0.15) is 5.75 Å². The molecule has 2 aromatic heterocycles. The van der Waals surface area contributed by atoms with Crippen molar-refractivity contribution >= 4 is 10.9 Å². The van der Waals surface area contributed by atoms with Gasteiger partial charge >= 0.3 is 0 Å². The minimum atomic E-state index is -0.0890. The third kappa shape index (κ3) is 6.11. The third-order valence-corrected chi connectivity index (χ3v) is 7.07. The molecule has 1 fully saturated rings. The normalized spacial score (nSPS) is 16.3. The predicted molar refractivity (Wildman–Crippen MR) is 146 cm³/mol. The number of hydrogen-bond donors (Lipinski definition) is 1. The summed E-state index contributed by atoms with van der Waals surface area (Å²) in [6, 6.07) is 18.0. The fourth-order valence-electron chi connectivity index (χ4n) is 5.23. The van der Waals surface area contributed by atoms with E-state index in [4.69, 9.17) is 9.47 Å². The largest absolute Gasteiger partial charge is 0.494 e. The number of H-pyrrole nitrogens is 1. The Labute approximate surface area is 222 Å². The fraction of sp³-hybridized carbons (Fsp3) is 0.448. The monoisotopic (exact) mass is 516 g/mol. The molecule has 0 unspecified atom stereocenters. The van der Waals surface area contributed by atoms with Gasteiger partial charge in [0.15, 0.2) is 5.82 Å². The van der Waals surface area contributed by atoms with E-state index in [9.17, 15) is 4.79 Å². The minimum Gasteiger partial charge on any atom is -0.494 e. The van der Waals surface area contributed by atoms with Crippen LogP contribution in [0.2, 0.25) is 0 Å². The molecule has 200 valence electrons. The van der Waals surface area contributed by atoms with E-state index in [0.717, 1.165) is 54.8 Å².